The first kappa shape index (κ1) is 16.4. The second-order valence-electron chi connectivity index (χ2n) is 5.60. The van der Waals surface area contributed by atoms with E-state index in [9.17, 15) is 9.59 Å². The smallest absolute Gasteiger partial charge is 0.322 e. The second-order valence-corrected chi connectivity index (χ2v) is 5.60. The first-order chi connectivity index (χ1) is 12.1. The number of fused-ring (bicyclic) bond motifs is 1. The predicted molar refractivity (Wildman–Crippen MR) is 98.5 cm³/mol. The van der Waals surface area contributed by atoms with Crippen molar-refractivity contribution < 1.29 is 9.59 Å². The van der Waals surface area contributed by atoms with Gasteiger partial charge >= 0.3 is 6.03 Å². The highest BCUT2D eigenvalue weighted by Gasteiger charge is 2.14. The average molecular weight is 334 g/mol. The van der Waals surface area contributed by atoms with Gasteiger partial charge in [0.05, 0.1) is 11.9 Å². The molecule has 0 saturated heterocycles. The Morgan fingerprint density at radius 1 is 1.00 bits per heavy atom. The summed E-state index contributed by atoms with van der Waals surface area (Å²) in [7, 11) is 1.56. The molecule has 3 aromatic rings. The van der Waals surface area contributed by atoms with Crippen molar-refractivity contribution >= 4 is 34.1 Å². The van der Waals surface area contributed by atoms with Crippen LogP contribution in [0.3, 0.4) is 0 Å². The molecule has 1 heterocycles. The van der Waals surface area contributed by atoms with Crippen molar-refractivity contribution in [2.75, 3.05) is 24.2 Å². The molecule has 0 aliphatic rings. The van der Waals surface area contributed by atoms with E-state index in [1.165, 1.54) is 4.90 Å². The Labute approximate surface area is 145 Å². The Morgan fingerprint density at radius 3 is 2.60 bits per heavy atom. The van der Waals surface area contributed by atoms with Crippen LogP contribution in [0.25, 0.3) is 10.8 Å². The van der Waals surface area contributed by atoms with Crippen LogP contribution in [0.1, 0.15) is 0 Å². The lowest BCUT2D eigenvalue weighted by atomic mass is 10.1. The van der Waals surface area contributed by atoms with Gasteiger partial charge < -0.3 is 15.5 Å². The molecule has 1 aromatic heterocycles. The third-order valence-corrected chi connectivity index (χ3v) is 3.70. The largest absolute Gasteiger partial charge is 0.324 e. The molecule has 0 spiro atoms. The van der Waals surface area contributed by atoms with E-state index in [1.54, 1.807) is 31.6 Å². The van der Waals surface area contributed by atoms with Crippen molar-refractivity contribution in [2.45, 2.75) is 0 Å². The van der Waals surface area contributed by atoms with Gasteiger partial charge in [0, 0.05) is 24.3 Å². The number of urea groups is 1. The number of benzene rings is 2. The highest BCUT2D eigenvalue weighted by atomic mass is 16.2. The topological polar surface area (TPSA) is 74.3 Å². The summed E-state index contributed by atoms with van der Waals surface area (Å²) in [5.74, 6) is -0.264. The first-order valence-electron chi connectivity index (χ1n) is 7.83. The van der Waals surface area contributed by atoms with Crippen LogP contribution >= 0.6 is 0 Å². The van der Waals surface area contributed by atoms with Crippen LogP contribution in [0.2, 0.25) is 0 Å². The lowest BCUT2D eigenvalue weighted by Crippen LogP contribution is -2.37. The zero-order valence-corrected chi connectivity index (χ0v) is 13.8. The summed E-state index contributed by atoms with van der Waals surface area (Å²) < 4.78 is 0. The molecule has 0 saturated carbocycles. The number of aromatic nitrogens is 1. The summed E-state index contributed by atoms with van der Waals surface area (Å²) in [6.07, 6.45) is 3.17. The molecule has 3 rings (SSSR count). The molecule has 6 nitrogen and oxygen atoms in total. The SMILES string of the molecule is CN(CC(=O)Nc1cccc2ccccc12)C(=O)Nc1cccnc1. The third-order valence-electron chi connectivity index (χ3n) is 3.70. The van der Waals surface area contributed by atoms with Gasteiger partial charge in [-0.3, -0.25) is 9.78 Å². The van der Waals surface area contributed by atoms with E-state index in [0.29, 0.717) is 5.69 Å². The van der Waals surface area contributed by atoms with Gasteiger partial charge in [-0.15, -0.1) is 0 Å². The predicted octanol–water partition coefficient (Wildman–Crippen LogP) is 3.34. The van der Waals surface area contributed by atoms with Gasteiger partial charge in [-0.05, 0) is 23.6 Å². The van der Waals surface area contributed by atoms with Crippen molar-refractivity contribution in [3.05, 3.63) is 67.0 Å². The van der Waals surface area contributed by atoms with Gasteiger partial charge in [0.15, 0.2) is 0 Å². The maximum absolute atomic E-state index is 12.3. The highest BCUT2D eigenvalue weighted by Crippen LogP contribution is 2.22. The van der Waals surface area contributed by atoms with E-state index in [4.69, 9.17) is 0 Å². The van der Waals surface area contributed by atoms with E-state index >= 15 is 0 Å². The third kappa shape index (κ3) is 4.11. The van der Waals surface area contributed by atoms with Crippen molar-refractivity contribution in [3.63, 3.8) is 0 Å². The zero-order chi connectivity index (χ0) is 17.6. The highest BCUT2D eigenvalue weighted by molar-refractivity contribution is 6.03. The minimum Gasteiger partial charge on any atom is -0.324 e. The van der Waals surface area contributed by atoms with Crippen LogP contribution in [-0.4, -0.2) is 35.4 Å². The molecule has 3 amide bonds. The van der Waals surface area contributed by atoms with Gasteiger partial charge in [-0.1, -0.05) is 36.4 Å². The molecule has 25 heavy (non-hydrogen) atoms. The summed E-state index contributed by atoms with van der Waals surface area (Å²) in [6.45, 7) is -0.0602. The standard InChI is InChI=1S/C19H18N4O2/c1-23(19(25)21-15-8-5-11-20-12-15)13-18(24)22-17-10-4-7-14-6-2-3-9-16(14)17/h2-12H,13H2,1H3,(H,21,25)(H,22,24). The van der Waals surface area contributed by atoms with Gasteiger partial charge in [0.25, 0.3) is 0 Å². The number of nitrogens with zero attached hydrogens (tertiary/aromatic N) is 2. The molecule has 0 bridgehead atoms. The lowest BCUT2D eigenvalue weighted by Gasteiger charge is -2.18. The Balaban J connectivity index is 1.62. The number of rotatable bonds is 4. The molecular formula is C19H18N4O2. The molecule has 0 aliphatic heterocycles. The molecular weight excluding hydrogens is 316 g/mol. The van der Waals surface area contributed by atoms with Gasteiger partial charge in [-0.2, -0.15) is 0 Å². The van der Waals surface area contributed by atoms with E-state index in [2.05, 4.69) is 15.6 Å². The molecule has 126 valence electrons. The maximum Gasteiger partial charge on any atom is 0.322 e. The Hall–Kier alpha value is -3.41. The average Bonchev–Trinajstić information content (AvgIpc) is 2.63. The summed E-state index contributed by atoms with van der Waals surface area (Å²) in [6, 6.07) is 16.6. The number of likely N-dealkylation sites (N-methyl/N-ethyl adjacent to an activating group) is 1. The number of hydrogen-bond acceptors (Lipinski definition) is 3. The van der Waals surface area contributed by atoms with Crippen LogP contribution in [0.5, 0.6) is 0 Å². The first-order valence-corrected chi connectivity index (χ1v) is 7.83. The van der Waals surface area contributed by atoms with Gasteiger partial charge in [-0.25, -0.2) is 4.79 Å². The van der Waals surface area contributed by atoms with Crippen molar-refractivity contribution in [1.82, 2.24) is 9.88 Å². The number of hydrogen-bond donors (Lipinski definition) is 2. The van der Waals surface area contributed by atoms with Gasteiger partial charge in [0.1, 0.15) is 6.54 Å². The molecule has 0 fully saturated rings. The normalized spacial score (nSPS) is 10.3. The lowest BCUT2D eigenvalue weighted by molar-refractivity contribution is -0.116. The number of pyridine rings is 1. The summed E-state index contributed by atoms with van der Waals surface area (Å²) in [5.41, 5.74) is 1.30. The number of amides is 3. The molecule has 0 radical (unpaired) electrons. The minimum absolute atomic E-state index is 0.0602. The van der Waals surface area contributed by atoms with Crippen LogP contribution in [0.4, 0.5) is 16.2 Å². The molecule has 0 unspecified atom stereocenters. The van der Waals surface area contributed by atoms with Crippen LogP contribution in [0, 0.1) is 0 Å². The summed E-state index contributed by atoms with van der Waals surface area (Å²) in [5, 5.41) is 7.55. The zero-order valence-electron chi connectivity index (χ0n) is 13.8. The number of anilines is 2. The minimum atomic E-state index is -0.374. The van der Waals surface area contributed by atoms with Crippen molar-refractivity contribution in [3.8, 4) is 0 Å². The van der Waals surface area contributed by atoms with E-state index in [0.717, 1.165) is 16.5 Å². The molecule has 2 N–H and O–H groups in total. The Morgan fingerprint density at radius 2 is 1.80 bits per heavy atom. The second kappa shape index (κ2) is 7.44. The molecule has 6 heteroatoms. The maximum atomic E-state index is 12.3. The van der Waals surface area contributed by atoms with E-state index < -0.39 is 0 Å². The molecule has 0 aliphatic carbocycles. The molecule has 2 aromatic carbocycles. The Kier molecular flexibility index (Phi) is 4.89. The monoisotopic (exact) mass is 334 g/mol. The fourth-order valence-corrected chi connectivity index (χ4v) is 2.47. The fraction of sp³-hybridized carbons (Fsp3) is 0.105. The Bertz CT molecular complexity index is 891. The van der Waals surface area contributed by atoms with E-state index in [-0.39, 0.29) is 18.5 Å². The number of nitrogens with one attached hydrogen (secondary N) is 2. The molecule has 0 atom stereocenters. The fourth-order valence-electron chi connectivity index (χ4n) is 2.47. The van der Waals surface area contributed by atoms with Crippen LogP contribution < -0.4 is 10.6 Å². The van der Waals surface area contributed by atoms with E-state index in [1.807, 2.05) is 42.5 Å². The van der Waals surface area contributed by atoms with Crippen LogP contribution in [-0.2, 0) is 4.79 Å². The van der Waals surface area contributed by atoms with Gasteiger partial charge in [0.2, 0.25) is 5.91 Å². The van der Waals surface area contributed by atoms with Crippen molar-refractivity contribution in [1.29, 1.82) is 0 Å². The summed E-state index contributed by atoms with van der Waals surface area (Å²) >= 11 is 0. The number of carbonyl (C=O) groups excluding carboxylic acids is 2. The number of carbonyl (C=O) groups is 2. The quantitative estimate of drug-likeness (QED) is 0.768. The van der Waals surface area contributed by atoms with Crippen molar-refractivity contribution in [2.24, 2.45) is 0 Å². The van der Waals surface area contributed by atoms with Crippen LogP contribution in [0.15, 0.2) is 67.0 Å². The summed E-state index contributed by atoms with van der Waals surface area (Å²) in [4.78, 5) is 29.6.